The predicted molar refractivity (Wildman–Crippen MR) is 89.0 cm³/mol. The first-order chi connectivity index (χ1) is 10.9. The lowest BCUT2D eigenvalue weighted by Gasteiger charge is -2.33. The van der Waals surface area contributed by atoms with Crippen LogP contribution in [0.15, 0.2) is 35.7 Å². The van der Waals surface area contributed by atoms with Gasteiger partial charge in [-0.3, -0.25) is 9.69 Å². The maximum atomic E-state index is 12.8. The summed E-state index contributed by atoms with van der Waals surface area (Å²) in [6.07, 6.45) is 2.10. The highest BCUT2D eigenvalue weighted by molar-refractivity contribution is 7.89. The zero-order chi connectivity index (χ0) is 16.6. The van der Waals surface area contributed by atoms with Gasteiger partial charge in [0.1, 0.15) is 0 Å². The van der Waals surface area contributed by atoms with Gasteiger partial charge in [0.2, 0.25) is 15.9 Å². The number of sulfonamides is 1. The van der Waals surface area contributed by atoms with E-state index >= 15 is 0 Å². The van der Waals surface area contributed by atoms with E-state index in [9.17, 15) is 13.2 Å². The van der Waals surface area contributed by atoms with Crippen LogP contribution in [0, 0.1) is 0 Å². The third kappa shape index (κ3) is 2.91. The average molecular weight is 335 g/mol. The Labute approximate surface area is 137 Å². The smallest absolute Gasteiger partial charge is 0.243 e. The molecule has 1 amide bonds. The highest BCUT2D eigenvalue weighted by atomic mass is 32.2. The Bertz CT molecular complexity index is 737. The summed E-state index contributed by atoms with van der Waals surface area (Å²) in [7, 11) is -1.80. The molecule has 6 nitrogen and oxygen atoms in total. The summed E-state index contributed by atoms with van der Waals surface area (Å²) in [5, 5.41) is 0. The van der Waals surface area contributed by atoms with E-state index in [0.717, 1.165) is 17.8 Å². The number of benzene rings is 1. The third-order valence-corrected chi connectivity index (χ3v) is 6.38. The summed E-state index contributed by atoms with van der Waals surface area (Å²) in [5.41, 5.74) is 1.58. The topological polar surface area (TPSA) is 60.9 Å². The molecule has 124 valence electrons. The number of carbonyl (C=O) groups is 1. The molecular formula is C16H21N3O3S. The van der Waals surface area contributed by atoms with Gasteiger partial charge >= 0.3 is 0 Å². The molecular weight excluding hydrogens is 314 g/mol. The molecule has 3 rings (SSSR count). The number of rotatable bonds is 4. The van der Waals surface area contributed by atoms with Crippen LogP contribution in [0.1, 0.15) is 5.56 Å². The number of hydrogen-bond acceptors (Lipinski definition) is 4. The monoisotopic (exact) mass is 335 g/mol. The number of anilines is 1. The second kappa shape index (κ2) is 6.07. The van der Waals surface area contributed by atoms with E-state index in [-0.39, 0.29) is 17.2 Å². The quantitative estimate of drug-likeness (QED) is 0.760. The standard InChI is InChI=1S/C16H21N3O3S/c1-3-6-18-7-9-19(10-8-18)23(21,22)14-4-5-15-13(11-14)12-16(20)17(15)2/h3-5,11H,1,6-10,12H2,2H3. The molecule has 2 heterocycles. The number of nitrogens with zero attached hydrogens (tertiary/aromatic N) is 3. The van der Waals surface area contributed by atoms with E-state index in [2.05, 4.69) is 11.5 Å². The van der Waals surface area contributed by atoms with Crippen LogP contribution in [0.5, 0.6) is 0 Å². The van der Waals surface area contributed by atoms with Crippen molar-refractivity contribution in [2.75, 3.05) is 44.7 Å². The maximum Gasteiger partial charge on any atom is 0.243 e. The number of piperazine rings is 1. The van der Waals surface area contributed by atoms with E-state index in [4.69, 9.17) is 0 Å². The predicted octanol–water partition coefficient (Wildman–Crippen LogP) is 0.698. The Morgan fingerprint density at radius 1 is 1.22 bits per heavy atom. The van der Waals surface area contributed by atoms with Gasteiger partial charge in [-0.1, -0.05) is 6.08 Å². The van der Waals surface area contributed by atoms with Gasteiger partial charge in [-0.25, -0.2) is 8.42 Å². The summed E-state index contributed by atoms with van der Waals surface area (Å²) in [6.45, 7) is 6.86. The fourth-order valence-corrected chi connectivity index (χ4v) is 4.56. The minimum Gasteiger partial charge on any atom is -0.315 e. The van der Waals surface area contributed by atoms with Crippen molar-refractivity contribution in [2.24, 2.45) is 0 Å². The Hall–Kier alpha value is -1.70. The van der Waals surface area contributed by atoms with Crippen molar-refractivity contribution in [1.29, 1.82) is 0 Å². The van der Waals surface area contributed by atoms with Crippen LogP contribution >= 0.6 is 0 Å². The van der Waals surface area contributed by atoms with Gasteiger partial charge in [-0.15, -0.1) is 6.58 Å². The summed E-state index contributed by atoms with van der Waals surface area (Å²) >= 11 is 0. The maximum absolute atomic E-state index is 12.8. The fraction of sp³-hybridized carbons (Fsp3) is 0.438. The molecule has 23 heavy (non-hydrogen) atoms. The second-order valence-corrected chi connectivity index (χ2v) is 7.85. The molecule has 0 saturated carbocycles. The van der Waals surface area contributed by atoms with Gasteiger partial charge in [0.05, 0.1) is 11.3 Å². The summed E-state index contributed by atoms with van der Waals surface area (Å²) in [4.78, 5) is 15.8. The molecule has 0 radical (unpaired) electrons. The van der Waals surface area contributed by atoms with Crippen molar-refractivity contribution < 1.29 is 13.2 Å². The van der Waals surface area contributed by atoms with E-state index in [1.807, 2.05) is 6.08 Å². The first-order valence-corrected chi connectivity index (χ1v) is 9.10. The normalized spacial score (nSPS) is 19.9. The largest absolute Gasteiger partial charge is 0.315 e. The first-order valence-electron chi connectivity index (χ1n) is 7.66. The minimum absolute atomic E-state index is 0.00686. The lowest BCUT2D eigenvalue weighted by molar-refractivity contribution is -0.117. The van der Waals surface area contributed by atoms with Crippen LogP contribution < -0.4 is 4.90 Å². The molecule has 0 atom stereocenters. The summed E-state index contributed by atoms with van der Waals surface area (Å²) in [5.74, 6) is -0.00686. The molecule has 2 aliphatic rings. The summed E-state index contributed by atoms with van der Waals surface area (Å²) < 4.78 is 27.1. The number of fused-ring (bicyclic) bond motifs is 1. The molecule has 0 aromatic heterocycles. The van der Waals surface area contributed by atoms with Crippen molar-refractivity contribution in [1.82, 2.24) is 9.21 Å². The molecule has 0 bridgehead atoms. The first kappa shape index (κ1) is 16.2. The highest BCUT2D eigenvalue weighted by Crippen LogP contribution is 2.30. The second-order valence-electron chi connectivity index (χ2n) is 5.91. The van der Waals surface area contributed by atoms with Crippen molar-refractivity contribution in [3.8, 4) is 0 Å². The zero-order valence-electron chi connectivity index (χ0n) is 13.2. The average Bonchev–Trinajstić information content (AvgIpc) is 2.82. The highest BCUT2D eigenvalue weighted by Gasteiger charge is 2.31. The molecule has 1 saturated heterocycles. The van der Waals surface area contributed by atoms with Gasteiger partial charge < -0.3 is 4.90 Å². The van der Waals surface area contributed by atoms with Crippen LogP contribution in [-0.4, -0.2) is 63.3 Å². The molecule has 1 aromatic rings. The van der Waals surface area contributed by atoms with Crippen LogP contribution in [-0.2, 0) is 21.2 Å². The Morgan fingerprint density at radius 2 is 1.91 bits per heavy atom. The number of carbonyl (C=O) groups excluding carboxylic acids is 1. The molecule has 7 heteroatoms. The number of likely N-dealkylation sites (N-methyl/N-ethyl adjacent to an activating group) is 1. The SMILES string of the molecule is C=CCN1CCN(S(=O)(=O)c2ccc3c(c2)CC(=O)N3C)CC1. The lowest BCUT2D eigenvalue weighted by atomic mass is 10.2. The molecule has 0 aliphatic carbocycles. The van der Waals surface area contributed by atoms with Crippen LogP contribution in [0.3, 0.4) is 0 Å². The van der Waals surface area contributed by atoms with Gasteiger partial charge in [0.25, 0.3) is 0 Å². The van der Waals surface area contributed by atoms with Gasteiger partial charge in [0, 0.05) is 45.5 Å². The van der Waals surface area contributed by atoms with Crippen LogP contribution in [0.2, 0.25) is 0 Å². The van der Waals surface area contributed by atoms with Crippen molar-refractivity contribution in [3.05, 3.63) is 36.4 Å². The molecule has 1 fully saturated rings. The summed E-state index contributed by atoms with van der Waals surface area (Å²) in [6, 6.07) is 4.96. The Balaban J connectivity index is 1.80. The van der Waals surface area contributed by atoms with Crippen molar-refractivity contribution >= 4 is 21.6 Å². The molecule has 0 unspecified atom stereocenters. The number of hydrogen-bond donors (Lipinski definition) is 0. The van der Waals surface area contributed by atoms with Gasteiger partial charge in [0.15, 0.2) is 0 Å². The molecule has 0 N–H and O–H groups in total. The van der Waals surface area contributed by atoms with Crippen LogP contribution in [0.4, 0.5) is 5.69 Å². The Morgan fingerprint density at radius 3 is 2.57 bits per heavy atom. The molecule has 0 spiro atoms. The van der Waals surface area contributed by atoms with E-state index < -0.39 is 10.0 Å². The van der Waals surface area contributed by atoms with Crippen molar-refractivity contribution in [3.63, 3.8) is 0 Å². The minimum atomic E-state index is -3.51. The van der Waals surface area contributed by atoms with E-state index in [1.165, 1.54) is 4.31 Å². The fourth-order valence-electron chi connectivity index (χ4n) is 3.09. The molecule has 1 aromatic carbocycles. The van der Waals surface area contributed by atoms with E-state index in [1.54, 1.807) is 30.1 Å². The van der Waals surface area contributed by atoms with Crippen LogP contribution in [0.25, 0.3) is 0 Å². The lowest BCUT2D eigenvalue weighted by Crippen LogP contribution is -2.48. The number of amides is 1. The van der Waals surface area contributed by atoms with E-state index in [0.29, 0.717) is 26.2 Å². The van der Waals surface area contributed by atoms with Crippen molar-refractivity contribution in [2.45, 2.75) is 11.3 Å². The molecule has 2 aliphatic heterocycles. The van der Waals surface area contributed by atoms with Gasteiger partial charge in [-0.2, -0.15) is 4.31 Å². The van der Waals surface area contributed by atoms with Gasteiger partial charge in [-0.05, 0) is 23.8 Å². The Kier molecular flexibility index (Phi) is 4.27. The zero-order valence-corrected chi connectivity index (χ0v) is 14.1. The third-order valence-electron chi connectivity index (χ3n) is 4.48.